The molecule has 1 rings (SSSR count). The van der Waals surface area contributed by atoms with Crippen molar-refractivity contribution < 1.29 is 8.42 Å². The molecule has 0 saturated heterocycles. The Hall–Kier alpha value is -1.07. The van der Waals surface area contributed by atoms with E-state index in [0.717, 1.165) is 31.5 Å². The molecule has 1 aromatic rings. The van der Waals surface area contributed by atoms with Crippen LogP contribution in [0.3, 0.4) is 0 Å². The fourth-order valence-corrected chi connectivity index (χ4v) is 3.92. The van der Waals surface area contributed by atoms with Crippen molar-refractivity contribution in [2.24, 2.45) is 0 Å². The maximum Gasteiger partial charge on any atom is 0.243 e. The van der Waals surface area contributed by atoms with Crippen molar-refractivity contribution in [3.63, 3.8) is 0 Å². The SMILES string of the molecule is CCCCN(C(C)CC)S(=O)(=O)c1ccc(NCC)cc1. The topological polar surface area (TPSA) is 49.4 Å². The molecule has 1 N–H and O–H groups in total. The number of anilines is 1. The van der Waals surface area contributed by atoms with Crippen LogP contribution in [0, 0.1) is 0 Å². The normalized spacial score (nSPS) is 13.4. The minimum atomic E-state index is -3.41. The van der Waals surface area contributed by atoms with Crippen LogP contribution in [0.4, 0.5) is 5.69 Å². The molecule has 0 saturated carbocycles. The number of unbranched alkanes of at least 4 members (excludes halogenated alkanes) is 1. The van der Waals surface area contributed by atoms with Crippen LogP contribution in [0.5, 0.6) is 0 Å². The second-order valence-electron chi connectivity index (χ2n) is 5.28. The highest BCUT2D eigenvalue weighted by Crippen LogP contribution is 2.22. The number of rotatable bonds is 9. The van der Waals surface area contributed by atoms with Crippen LogP contribution < -0.4 is 5.32 Å². The Morgan fingerprint density at radius 3 is 2.24 bits per heavy atom. The Balaban J connectivity index is 3.03. The molecule has 1 aromatic carbocycles. The van der Waals surface area contributed by atoms with E-state index < -0.39 is 10.0 Å². The number of nitrogens with one attached hydrogen (secondary N) is 1. The third-order valence-corrected chi connectivity index (χ3v) is 5.68. The highest BCUT2D eigenvalue weighted by Gasteiger charge is 2.27. The smallest absolute Gasteiger partial charge is 0.243 e. The average Bonchev–Trinajstić information content (AvgIpc) is 2.48. The lowest BCUT2D eigenvalue weighted by atomic mass is 10.2. The van der Waals surface area contributed by atoms with Gasteiger partial charge in [-0.05, 0) is 51.0 Å². The summed E-state index contributed by atoms with van der Waals surface area (Å²) in [5.74, 6) is 0. The molecule has 1 atom stereocenters. The van der Waals surface area contributed by atoms with Gasteiger partial charge in [-0.2, -0.15) is 4.31 Å². The van der Waals surface area contributed by atoms with Crippen LogP contribution in [0.25, 0.3) is 0 Å². The number of nitrogens with zero attached hydrogens (tertiary/aromatic N) is 1. The van der Waals surface area contributed by atoms with Gasteiger partial charge in [0.15, 0.2) is 0 Å². The summed E-state index contributed by atoms with van der Waals surface area (Å²) in [4.78, 5) is 0.376. The molecule has 0 aliphatic heterocycles. The maximum absolute atomic E-state index is 12.8. The maximum atomic E-state index is 12.8. The van der Waals surface area contributed by atoms with Crippen LogP contribution in [-0.2, 0) is 10.0 Å². The first kappa shape index (κ1) is 18.0. The summed E-state index contributed by atoms with van der Waals surface area (Å²) >= 11 is 0. The third kappa shape index (κ3) is 4.71. The first-order chi connectivity index (χ1) is 9.97. The Kier molecular flexibility index (Phi) is 7.18. The van der Waals surface area contributed by atoms with E-state index in [1.54, 1.807) is 16.4 Å². The fraction of sp³-hybridized carbons (Fsp3) is 0.625. The largest absolute Gasteiger partial charge is 0.385 e. The van der Waals surface area contributed by atoms with E-state index in [1.807, 2.05) is 32.9 Å². The number of hydrogen-bond acceptors (Lipinski definition) is 3. The van der Waals surface area contributed by atoms with Gasteiger partial charge >= 0.3 is 0 Å². The molecular weight excluding hydrogens is 284 g/mol. The number of hydrogen-bond donors (Lipinski definition) is 1. The van der Waals surface area contributed by atoms with E-state index in [0.29, 0.717) is 11.4 Å². The first-order valence-electron chi connectivity index (χ1n) is 7.83. The van der Waals surface area contributed by atoms with Gasteiger partial charge in [0.05, 0.1) is 4.90 Å². The van der Waals surface area contributed by atoms with Crippen molar-refractivity contribution in [2.75, 3.05) is 18.4 Å². The first-order valence-corrected chi connectivity index (χ1v) is 9.27. The molecule has 4 nitrogen and oxygen atoms in total. The summed E-state index contributed by atoms with van der Waals surface area (Å²) in [6, 6.07) is 7.05. The Labute approximate surface area is 129 Å². The van der Waals surface area contributed by atoms with E-state index in [4.69, 9.17) is 0 Å². The lowest BCUT2D eigenvalue weighted by Gasteiger charge is -2.27. The van der Waals surface area contributed by atoms with E-state index in [2.05, 4.69) is 12.2 Å². The second kappa shape index (κ2) is 8.39. The molecule has 0 bridgehead atoms. The molecule has 0 radical (unpaired) electrons. The molecule has 0 fully saturated rings. The molecule has 1 unspecified atom stereocenters. The van der Waals surface area contributed by atoms with Crippen molar-refractivity contribution >= 4 is 15.7 Å². The lowest BCUT2D eigenvalue weighted by Crippen LogP contribution is -2.39. The van der Waals surface area contributed by atoms with Crippen molar-refractivity contribution in [1.82, 2.24) is 4.31 Å². The second-order valence-corrected chi connectivity index (χ2v) is 7.17. The van der Waals surface area contributed by atoms with E-state index in [1.165, 1.54) is 0 Å². The van der Waals surface area contributed by atoms with Crippen LogP contribution in [0.15, 0.2) is 29.2 Å². The highest BCUT2D eigenvalue weighted by molar-refractivity contribution is 7.89. The van der Waals surface area contributed by atoms with Gasteiger partial charge in [0.1, 0.15) is 0 Å². The summed E-state index contributed by atoms with van der Waals surface area (Å²) in [5.41, 5.74) is 0.945. The molecule has 0 aliphatic rings. The monoisotopic (exact) mass is 312 g/mol. The quantitative estimate of drug-likeness (QED) is 0.756. The molecule has 0 spiro atoms. The Bertz CT molecular complexity index is 512. The van der Waals surface area contributed by atoms with Gasteiger partial charge in [0, 0.05) is 24.8 Å². The van der Waals surface area contributed by atoms with Crippen LogP contribution in [0.1, 0.15) is 47.0 Å². The standard InChI is InChI=1S/C16H28N2O2S/c1-5-8-13-18(14(4)6-2)21(19,20)16-11-9-15(10-12-16)17-7-3/h9-12,14,17H,5-8,13H2,1-4H3. The highest BCUT2D eigenvalue weighted by atomic mass is 32.2. The Morgan fingerprint density at radius 2 is 1.76 bits per heavy atom. The molecular formula is C16H28N2O2S. The number of sulfonamides is 1. The molecule has 0 heterocycles. The van der Waals surface area contributed by atoms with Crippen molar-refractivity contribution in [2.45, 2.75) is 57.9 Å². The van der Waals surface area contributed by atoms with Gasteiger partial charge in [0.25, 0.3) is 0 Å². The van der Waals surface area contributed by atoms with Gasteiger partial charge in [0.2, 0.25) is 10.0 Å². The van der Waals surface area contributed by atoms with Crippen molar-refractivity contribution in [1.29, 1.82) is 0 Å². The minimum absolute atomic E-state index is 0.0231. The van der Waals surface area contributed by atoms with Gasteiger partial charge < -0.3 is 5.32 Å². The zero-order valence-corrected chi connectivity index (χ0v) is 14.4. The van der Waals surface area contributed by atoms with Gasteiger partial charge in [-0.3, -0.25) is 0 Å². The molecule has 0 amide bonds. The predicted molar refractivity (Wildman–Crippen MR) is 89.2 cm³/mol. The summed E-state index contributed by atoms with van der Waals surface area (Å²) in [6.07, 6.45) is 2.69. The third-order valence-electron chi connectivity index (χ3n) is 3.66. The summed E-state index contributed by atoms with van der Waals surface area (Å²) in [7, 11) is -3.41. The van der Waals surface area contributed by atoms with Crippen LogP contribution in [0.2, 0.25) is 0 Å². The van der Waals surface area contributed by atoms with Crippen LogP contribution in [-0.4, -0.2) is 31.9 Å². The number of benzene rings is 1. The zero-order chi connectivity index (χ0) is 15.9. The lowest BCUT2D eigenvalue weighted by molar-refractivity contribution is 0.324. The van der Waals surface area contributed by atoms with E-state index in [9.17, 15) is 8.42 Å². The van der Waals surface area contributed by atoms with Crippen molar-refractivity contribution in [3.05, 3.63) is 24.3 Å². The van der Waals surface area contributed by atoms with Gasteiger partial charge in [-0.25, -0.2) is 8.42 Å². The fourth-order valence-electron chi connectivity index (χ4n) is 2.18. The summed E-state index contributed by atoms with van der Waals surface area (Å²) in [6.45, 7) is 9.49. The van der Waals surface area contributed by atoms with E-state index >= 15 is 0 Å². The summed E-state index contributed by atoms with van der Waals surface area (Å²) < 4.78 is 27.3. The predicted octanol–water partition coefficient (Wildman–Crippen LogP) is 3.71. The summed E-state index contributed by atoms with van der Waals surface area (Å²) in [5, 5.41) is 3.18. The molecule has 120 valence electrons. The minimum Gasteiger partial charge on any atom is -0.385 e. The zero-order valence-electron chi connectivity index (χ0n) is 13.6. The van der Waals surface area contributed by atoms with Gasteiger partial charge in [-0.1, -0.05) is 20.3 Å². The van der Waals surface area contributed by atoms with Gasteiger partial charge in [-0.15, -0.1) is 0 Å². The molecule has 21 heavy (non-hydrogen) atoms. The van der Waals surface area contributed by atoms with Crippen LogP contribution >= 0.6 is 0 Å². The average molecular weight is 312 g/mol. The molecule has 5 heteroatoms. The molecule has 0 aliphatic carbocycles. The molecule has 0 aromatic heterocycles. The van der Waals surface area contributed by atoms with Crippen molar-refractivity contribution in [3.8, 4) is 0 Å². The Morgan fingerprint density at radius 1 is 1.14 bits per heavy atom. The van der Waals surface area contributed by atoms with E-state index in [-0.39, 0.29) is 6.04 Å².